The number of hydrogen-bond donors (Lipinski definition) is 0. The van der Waals surface area contributed by atoms with Crippen molar-refractivity contribution in [3.63, 3.8) is 0 Å². The van der Waals surface area contributed by atoms with E-state index in [0.29, 0.717) is 16.9 Å². The summed E-state index contributed by atoms with van der Waals surface area (Å²) in [4.78, 5) is 3.24. The predicted molar refractivity (Wildman–Crippen MR) is 75.7 cm³/mol. The minimum absolute atomic E-state index is 0.232. The number of rotatable bonds is 2. The molecule has 3 rings (SSSR count). The second-order valence-corrected chi connectivity index (χ2v) is 7.08. The normalized spacial score (nSPS) is 31.8. The fraction of sp³-hybridized carbons (Fsp3) is 0.571. The minimum atomic E-state index is -0.331. The van der Waals surface area contributed by atoms with Crippen LogP contribution in [-0.2, 0) is 6.54 Å². The van der Waals surface area contributed by atoms with Crippen LogP contribution < -0.4 is 0 Å². The Morgan fingerprint density at radius 1 is 1.28 bits per heavy atom. The fourth-order valence-electron chi connectivity index (χ4n) is 3.31. The maximum atomic E-state index is 13.1. The van der Waals surface area contributed by atoms with Crippen molar-refractivity contribution in [1.29, 1.82) is 0 Å². The van der Waals surface area contributed by atoms with Gasteiger partial charge in [0.15, 0.2) is 0 Å². The molecule has 0 radical (unpaired) electrons. The number of hydrogen-bond acceptors (Lipinski definition) is 1. The topological polar surface area (TPSA) is 3.24 Å². The first-order valence-corrected chi connectivity index (χ1v) is 7.76. The molecule has 2 bridgehead atoms. The number of fused-ring (bicyclic) bond motifs is 2. The molecule has 4 heteroatoms. The third-order valence-corrected chi connectivity index (χ3v) is 5.21. The van der Waals surface area contributed by atoms with Gasteiger partial charge in [-0.3, -0.25) is 4.90 Å². The molecule has 1 nitrogen and oxygen atoms in total. The van der Waals surface area contributed by atoms with E-state index >= 15 is 0 Å². The Kier molecular flexibility index (Phi) is 3.65. The molecule has 2 fully saturated rings. The molecule has 1 aromatic rings. The van der Waals surface area contributed by atoms with Gasteiger partial charge in [0, 0.05) is 23.5 Å². The monoisotopic (exact) mass is 331 g/mol. The Balaban J connectivity index is 1.75. The zero-order valence-electron chi connectivity index (χ0n) is 10.1. The average Bonchev–Trinajstić information content (AvgIpc) is 2.58. The second kappa shape index (κ2) is 5.10. The molecular weight excluding hydrogens is 317 g/mol. The molecule has 0 amide bonds. The summed E-state index contributed by atoms with van der Waals surface area (Å²) < 4.78 is 13.1. The molecule has 2 heterocycles. The first kappa shape index (κ1) is 12.9. The first-order valence-electron chi connectivity index (χ1n) is 6.47. The molecule has 0 aliphatic carbocycles. The molecular formula is C14H16BrClFN. The number of nitrogens with zero attached hydrogens (tertiary/aromatic N) is 1. The standard InChI is InChI=1S/C14H16BrClFN/c15-10-6-11-2-3-12(7-10)18(11)8-9-1-4-14(17)13(16)5-9/h1,4-5,10-12H,2-3,6-8H2. The van der Waals surface area contributed by atoms with E-state index in [2.05, 4.69) is 20.8 Å². The Morgan fingerprint density at radius 2 is 1.94 bits per heavy atom. The molecule has 2 aliphatic heterocycles. The SMILES string of the molecule is Fc1ccc(CN2C3CCC2CC(Br)C3)cc1Cl. The van der Waals surface area contributed by atoms with Crippen LogP contribution in [-0.4, -0.2) is 21.8 Å². The Bertz CT molecular complexity index is 439. The van der Waals surface area contributed by atoms with Gasteiger partial charge < -0.3 is 0 Å². The summed E-state index contributed by atoms with van der Waals surface area (Å²) in [5, 5.41) is 0.232. The van der Waals surface area contributed by atoms with E-state index in [1.165, 1.54) is 31.7 Å². The van der Waals surface area contributed by atoms with Gasteiger partial charge in [-0.05, 0) is 43.4 Å². The minimum Gasteiger partial charge on any atom is -0.293 e. The highest BCUT2D eigenvalue weighted by Gasteiger charge is 2.39. The molecule has 0 N–H and O–H groups in total. The molecule has 1 aromatic carbocycles. The lowest BCUT2D eigenvalue weighted by Crippen LogP contribution is -2.42. The Morgan fingerprint density at radius 3 is 2.56 bits per heavy atom. The highest BCUT2D eigenvalue weighted by molar-refractivity contribution is 9.09. The van der Waals surface area contributed by atoms with E-state index in [0.717, 1.165) is 12.1 Å². The van der Waals surface area contributed by atoms with Gasteiger partial charge in [-0.25, -0.2) is 4.39 Å². The molecule has 2 aliphatic rings. The zero-order chi connectivity index (χ0) is 12.7. The van der Waals surface area contributed by atoms with Gasteiger partial charge >= 0.3 is 0 Å². The van der Waals surface area contributed by atoms with Gasteiger partial charge in [-0.1, -0.05) is 33.6 Å². The number of halogens is 3. The smallest absolute Gasteiger partial charge is 0.141 e. The van der Waals surface area contributed by atoms with Crippen LogP contribution in [0.5, 0.6) is 0 Å². The number of piperidine rings is 1. The molecule has 2 atom stereocenters. The molecule has 98 valence electrons. The van der Waals surface area contributed by atoms with E-state index in [1.807, 2.05) is 6.07 Å². The molecule has 0 saturated carbocycles. The highest BCUT2D eigenvalue weighted by Crippen LogP contribution is 2.39. The molecule has 18 heavy (non-hydrogen) atoms. The summed E-state index contributed by atoms with van der Waals surface area (Å²) in [5.74, 6) is -0.331. The maximum absolute atomic E-state index is 13.1. The first-order chi connectivity index (χ1) is 8.63. The third-order valence-electron chi connectivity index (χ3n) is 4.18. The van der Waals surface area contributed by atoms with Gasteiger partial charge in [-0.2, -0.15) is 0 Å². The largest absolute Gasteiger partial charge is 0.293 e. The van der Waals surface area contributed by atoms with E-state index in [4.69, 9.17) is 11.6 Å². The Hall–Kier alpha value is -0.120. The van der Waals surface area contributed by atoms with Crippen LogP contribution in [0, 0.1) is 5.82 Å². The molecule has 0 spiro atoms. The highest BCUT2D eigenvalue weighted by atomic mass is 79.9. The van der Waals surface area contributed by atoms with Crippen molar-refractivity contribution in [2.24, 2.45) is 0 Å². The van der Waals surface area contributed by atoms with Gasteiger partial charge in [0.25, 0.3) is 0 Å². The lowest BCUT2D eigenvalue weighted by Gasteiger charge is -2.37. The van der Waals surface area contributed by atoms with E-state index in [9.17, 15) is 4.39 Å². The van der Waals surface area contributed by atoms with Crippen molar-refractivity contribution >= 4 is 27.5 Å². The second-order valence-electron chi connectivity index (χ2n) is 5.37. The van der Waals surface area contributed by atoms with Crippen LogP contribution in [0.25, 0.3) is 0 Å². The number of benzene rings is 1. The zero-order valence-corrected chi connectivity index (χ0v) is 12.4. The van der Waals surface area contributed by atoms with Crippen LogP contribution in [0.1, 0.15) is 31.2 Å². The summed E-state index contributed by atoms with van der Waals surface area (Å²) in [6.07, 6.45) is 5.04. The van der Waals surface area contributed by atoms with Gasteiger partial charge in [0.1, 0.15) is 5.82 Å². The lowest BCUT2D eigenvalue weighted by molar-refractivity contribution is 0.137. The lowest BCUT2D eigenvalue weighted by atomic mass is 10.0. The van der Waals surface area contributed by atoms with Gasteiger partial charge in [-0.15, -0.1) is 0 Å². The van der Waals surface area contributed by atoms with Crippen LogP contribution in [0.2, 0.25) is 5.02 Å². The van der Waals surface area contributed by atoms with Crippen molar-refractivity contribution in [2.75, 3.05) is 0 Å². The van der Waals surface area contributed by atoms with Crippen molar-refractivity contribution in [1.82, 2.24) is 4.90 Å². The van der Waals surface area contributed by atoms with Crippen molar-refractivity contribution < 1.29 is 4.39 Å². The van der Waals surface area contributed by atoms with Gasteiger partial charge in [0.05, 0.1) is 5.02 Å². The molecule has 2 unspecified atom stereocenters. The predicted octanol–water partition coefficient (Wildman–Crippen LogP) is 4.37. The summed E-state index contributed by atoms with van der Waals surface area (Å²) in [6, 6.07) is 6.43. The average molecular weight is 333 g/mol. The molecule has 0 aromatic heterocycles. The van der Waals surface area contributed by atoms with Crippen LogP contribution in [0.15, 0.2) is 18.2 Å². The summed E-state index contributed by atoms with van der Waals surface area (Å²) >= 11 is 9.59. The summed E-state index contributed by atoms with van der Waals surface area (Å²) in [5.41, 5.74) is 1.12. The number of alkyl halides is 1. The van der Waals surface area contributed by atoms with E-state index in [-0.39, 0.29) is 10.8 Å². The van der Waals surface area contributed by atoms with Crippen molar-refractivity contribution in [2.45, 2.75) is 49.1 Å². The van der Waals surface area contributed by atoms with Crippen molar-refractivity contribution in [3.05, 3.63) is 34.6 Å². The van der Waals surface area contributed by atoms with Crippen molar-refractivity contribution in [3.8, 4) is 0 Å². The van der Waals surface area contributed by atoms with E-state index in [1.54, 1.807) is 6.07 Å². The fourth-order valence-corrected chi connectivity index (χ4v) is 4.38. The third kappa shape index (κ3) is 2.45. The maximum Gasteiger partial charge on any atom is 0.141 e. The Labute approximate surface area is 120 Å². The van der Waals surface area contributed by atoms with Gasteiger partial charge in [0.2, 0.25) is 0 Å². The summed E-state index contributed by atoms with van der Waals surface area (Å²) in [7, 11) is 0. The van der Waals surface area contributed by atoms with Crippen LogP contribution in [0.3, 0.4) is 0 Å². The summed E-state index contributed by atoms with van der Waals surface area (Å²) in [6.45, 7) is 0.898. The van der Waals surface area contributed by atoms with Crippen LogP contribution in [0.4, 0.5) is 4.39 Å². The van der Waals surface area contributed by atoms with E-state index < -0.39 is 0 Å². The van der Waals surface area contributed by atoms with Crippen LogP contribution >= 0.6 is 27.5 Å². The quantitative estimate of drug-likeness (QED) is 0.727. The molecule has 2 saturated heterocycles.